The lowest BCUT2D eigenvalue weighted by Gasteiger charge is -2.09. The van der Waals surface area contributed by atoms with Gasteiger partial charge in [0.1, 0.15) is 15.6 Å². The summed E-state index contributed by atoms with van der Waals surface area (Å²) in [7, 11) is 0. The Hall–Kier alpha value is -2.87. The van der Waals surface area contributed by atoms with Gasteiger partial charge in [0, 0.05) is 0 Å². The molecule has 1 aromatic carbocycles. The predicted molar refractivity (Wildman–Crippen MR) is 116 cm³/mol. The molecule has 0 unspecified atom stereocenters. The molecular formula is C22H27NO6S. The Labute approximate surface area is 180 Å². The third-order valence-corrected chi connectivity index (χ3v) is 5.27. The molecule has 1 aromatic heterocycles. The van der Waals surface area contributed by atoms with Gasteiger partial charge in [-0.15, -0.1) is 11.3 Å². The van der Waals surface area contributed by atoms with E-state index in [1.165, 1.54) is 0 Å². The summed E-state index contributed by atoms with van der Waals surface area (Å²) in [4.78, 5) is 37.5. The van der Waals surface area contributed by atoms with Gasteiger partial charge in [0.25, 0.3) is 5.91 Å². The molecule has 2 rings (SSSR count). The average molecular weight is 434 g/mol. The van der Waals surface area contributed by atoms with E-state index in [2.05, 4.69) is 5.32 Å². The number of benzene rings is 1. The number of thiophene rings is 1. The maximum Gasteiger partial charge on any atom is 0.348 e. The molecule has 0 aliphatic carbocycles. The molecule has 162 valence electrons. The normalized spacial score (nSPS) is 10.6. The average Bonchev–Trinajstić information content (AvgIpc) is 3.02. The lowest BCUT2D eigenvalue weighted by atomic mass is 10.1. The van der Waals surface area contributed by atoms with E-state index in [1.807, 2.05) is 25.1 Å². The summed E-state index contributed by atoms with van der Waals surface area (Å²) in [6.07, 6.45) is 0.547. The number of esters is 2. The Morgan fingerprint density at radius 2 is 1.87 bits per heavy atom. The fourth-order valence-corrected chi connectivity index (χ4v) is 3.77. The Kier molecular flexibility index (Phi) is 8.41. The van der Waals surface area contributed by atoms with Crippen LogP contribution in [0, 0.1) is 6.92 Å². The minimum Gasteiger partial charge on any atom is -0.484 e. The van der Waals surface area contributed by atoms with Crippen molar-refractivity contribution in [3.05, 3.63) is 45.8 Å². The van der Waals surface area contributed by atoms with Crippen LogP contribution in [-0.4, -0.2) is 37.2 Å². The van der Waals surface area contributed by atoms with E-state index in [0.717, 1.165) is 23.3 Å². The third-order valence-electron chi connectivity index (χ3n) is 4.08. The minimum atomic E-state index is -0.610. The van der Waals surface area contributed by atoms with Gasteiger partial charge < -0.3 is 19.5 Å². The van der Waals surface area contributed by atoms with Crippen molar-refractivity contribution in [3.8, 4) is 5.75 Å². The van der Waals surface area contributed by atoms with Crippen LogP contribution in [0.5, 0.6) is 5.75 Å². The summed E-state index contributed by atoms with van der Waals surface area (Å²) in [5, 5.41) is 2.90. The van der Waals surface area contributed by atoms with Gasteiger partial charge in [-0.1, -0.05) is 19.1 Å². The molecular weight excluding hydrogens is 406 g/mol. The molecule has 2 aromatic rings. The first-order chi connectivity index (χ1) is 14.3. The SMILES string of the molecule is CCOC(=O)c1c(NC(=O)COc2cccc(CC)c2)sc(C(=O)OC(C)C)c1C. The van der Waals surface area contributed by atoms with Crippen LogP contribution in [0.4, 0.5) is 5.00 Å². The summed E-state index contributed by atoms with van der Waals surface area (Å²) in [6.45, 7) is 8.75. The van der Waals surface area contributed by atoms with Crippen molar-refractivity contribution in [3.63, 3.8) is 0 Å². The molecule has 0 spiro atoms. The zero-order valence-electron chi connectivity index (χ0n) is 17.9. The number of hydrogen-bond acceptors (Lipinski definition) is 7. The van der Waals surface area contributed by atoms with Crippen molar-refractivity contribution in [1.82, 2.24) is 0 Å². The summed E-state index contributed by atoms with van der Waals surface area (Å²) in [6, 6.07) is 7.48. The van der Waals surface area contributed by atoms with Crippen molar-refractivity contribution in [2.75, 3.05) is 18.5 Å². The maximum absolute atomic E-state index is 12.4. The van der Waals surface area contributed by atoms with Gasteiger partial charge in [-0.05, 0) is 57.4 Å². The smallest absolute Gasteiger partial charge is 0.348 e. The van der Waals surface area contributed by atoms with Crippen molar-refractivity contribution in [2.24, 2.45) is 0 Å². The van der Waals surface area contributed by atoms with E-state index in [9.17, 15) is 14.4 Å². The number of carbonyl (C=O) groups is 3. The van der Waals surface area contributed by atoms with Crippen LogP contribution >= 0.6 is 11.3 Å². The molecule has 1 heterocycles. The number of nitrogens with one attached hydrogen (secondary N) is 1. The molecule has 0 saturated heterocycles. The Morgan fingerprint density at radius 1 is 1.13 bits per heavy atom. The van der Waals surface area contributed by atoms with Crippen molar-refractivity contribution in [2.45, 2.75) is 47.1 Å². The van der Waals surface area contributed by atoms with Crippen LogP contribution < -0.4 is 10.1 Å². The van der Waals surface area contributed by atoms with Crippen LogP contribution in [0.25, 0.3) is 0 Å². The molecule has 7 nitrogen and oxygen atoms in total. The number of carbonyl (C=O) groups excluding carboxylic acids is 3. The maximum atomic E-state index is 12.4. The standard InChI is InChI=1S/C22H27NO6S/c1-6-15-9-8-10-16(11-15)28-12-17(24)23-20-18(21(25)27-7-2)14(5)19(30-20)22(26)29-13(3)4/h8-11,13H,6-7,12H2,1-5H3,(H,23,24). The molecule has 1 N–H and O–H groups in total. The number of anilines is 1. The lowest BCUT2D eigenvalue weighted by molar-refractivity contribution is -0.118. The highest BCUT2D eigenvalue weighted by atomic mass is 32.1. The summed E-state index contributed by atoms with van der Waals surface area (Å²) < 4.78 is 15.9. The Balaban J connectivity index is 2.20. The summed E-state index contributed by atoms with van der Waals surface area (Å²) in [5.74, 6) is -1.03. The second kappa shape index (κ2) is 10.8. The van der Waals surface area contributed by atoms with Crippen LogP contribution in [0.1, 0.15) is 58.9 Å². The Bertz CT molecular complexity index is 918. The van der Waals surface area contributed by atoms with Crippen molar-refractivity contribution >= 4 is 34.2 Å². The van der Waals surface area contributed by atoms with Crippen LogP contribution in [0.3, 0.4) is 0 Å². The highest BCUT2D eigenvalue weighted by Crippen LogP contribution is 2.34. The van der Waals surface area contributed by atoms with Gasteiger partial charge >= 0.3 is 11.9 Å². The van der Waals surface area contributed by atoms with Crippen LogP contribution in [0.15, 0.2) is 24.3 Å². The van der Waals surface area contributed by atoms with Gasteiger partial charge in [-0.3, -0.25) is 4.79 Å². The molecule has 0 aliphatic heterocycles. The third kappa shape index (κ3) is 6.06. The molecule has 0 radical (unpaired) electrons. The number of aryl methyl sites for hydroxylation is 1. The molecule has 1 amide bonds. The van der Waals surface area contributed by atoms with Gasteiger partial charge in [0.2, 0.25) is 0 Å². The first kappa shape index (κ1) is 23.4. The molecule has 0 saturated carbocycles. The van der Waals surface area contributed by atoms with E-state index in [1.54, 1.807) is 33.8 Å². The number of rotatable bonds is 9. The zero-order valence-corrected chi connectivity index (χ0v) is 18.7. The minimum absolute atomic E-state index is 0.152. The largest absolute Gasteiger partial charge is 0.484 e. The first-order valence-corrected chi connectivity index (χ1v) is 10.6. The molecule has 8 heteroatoms. The zero-order chi connectivity index (χ0) is 22.3. The number of ether oxygens (including phenoxy) is 3. The fourth-order valence-electron chi connectivity index (χ4n) is 2.68. The number of amides is 1. The first-order valence-electron chi connectivity index (χ1n) is 9.79. The van der Waals surface area contributed by atoms with E-state index in [-0.39, 0.29) is 34.8 Å². The van der Waals surface area contributed by atoms with E-state index in [4.69, 9.17) is 14.2 Å². The van der Waals surface area contributed by atoms with E-state index >= 15 is 0 Å². The lowest BCUT2D eigenvalue weighted by Crippen LogP contribution is -2.21. The van der Waals surface area contributed by atoms with Crippen LogP contribution in [0.2, 0.25) is 0 Å². The molecule has 0 fully saturated rings. The van der Waals surface area contributed by atoms with E-state index in [0.29, 0.717) is 11.3 Å². The topological polar surface area (TPSA) is 90.9 Å². The monoisotopic (exact) mass is 433 g/mol. The van der Waals surface area contributed by atoms with Gasteiger partial charge in [0.15, 0.2) is 6.61 Å². The predicted octanol–water partition coefficient (Wildman–Crippen LogP) is 4.38. The molecule has 0 bridgehead atoms. The van der Waals surface area contributed by atoms with Crippen molar-refractivity contribution in [1.29, 1.82) is 0 Å². The molecule has 0 aliphatic rings. The highest BCUT2D eigenvalue weighted by Gasteiger charge is 2.27. The second-order valence-electron chi connectivity index (χ2n) is 6.77. The summed E-state index contributed by atoms with van der Waals surface area (Å²) >= 11 is 0.984. The van der Waals surface area contributed by atoms with E-state index < -0.39 is 17.8 Å². The second-order valence-corrected chi connectivity index (χ2v) is 7.79. The highest BCUT2D eigenvalue weighted by molar-refractivity contribution is 7.18. The Morgan fingerprint density at radius 3 is 2.50 bits per heavy atom. The fraction of sp³-hybridized carbons (Fsp3) is 0.409. The van der Waals surface area contributed by atoms with Gasteiger partial charge in [0.05, 0.1) is 18.3 Å². The van der Waals surface area contributed by atoms with Crippen molar-refractivity contribution < 1.29 is 28.6 Å². The molecule has 0 atom stereocenters. The van der Waals surface area contributed by atoms with Gasteiger partial charge in [-0.2, -0.15) is 0 Å². The molecule has 30 heavy (non-hydrogen) atoms. The summed E-state index contributed by atoms with van der Waals surface area (Å²) in [5.41, 5.74) is 1.66. The van der Waals surface area contributed by atoms with Gasteiger partial charge in [-0.25, -0.2) is 9.59 Å². The van der Waals surface area contributed by atoms with Crippen LogP contribution in [-0.2, 0) is 20.7 Å². The quantitative estimate of drug-likeness (QED) is 0.590. The number of hydrogen-bond donors (Lipinski definition) is 1.